The molecule has 0 aliphatic rings. The van der Waals surface area contributed by atoms with Crippen LogP contribution in [0.3, 0.4) is 0 Å². The van der Waals surface area contributed by atoms with Crippen LogP contribution in [0.1, 0.15) is 44.5 Å². The van der Waals surface area contributed by atoms with Gasteiger partial charge in [0.05, 0.1) is 46.5 Å². The second kappa shape index (κ2) is 18.4. The Hall–Kier alpha value is -8.86. The van der Waals surface area contributed by atoms with Crippen molar-refractivity contribution < 1.29 is 0 Å². The Kier molecular flexibility index (Phi) is 12.5. The quantitative estimate of drug-likeness (QED) is 0.0421. The smallest absolute Gasteiger partial charge is 0.233 e. The molecule has 0 fully saturated rings. The Morgan fingerprint density at radius 1 is 0.467 bits per heavy atom. The van der Waals surface area contributed by atoms with Crippen LogP contribution in [-0.2, 0) is 0 Å². The summed E-state index contributed by atoms with van der Waals surface area (Å²) in [5.74, 6) is 1.56. The van der Waals surface area contributed by atoms with E-state index >= 15 is 0 Å². The number of aryl methyl sites for hydroxylation is 4. The number of hydrogen-bond acceptors (Lipinski definition) is 16. The number of rotatable bonds is 15. The molecule has 0 radical (unpaired) electrons. The third-order valence-electron chi connectivity index (χ3n) is 9.01. The molecular weight excluding hydrogens is 753 g/mol. The van der Waals surface area contributed by atoms with E-state index in [1.54, 1.807) is 48.5 Å². The lowest BCUT2D eigenvalue weighted by Crippen LogP contribution is -2.18. The number of benzene rings is 4. The van der Waals surface area contributed by atoms with E-state index in [1.807, 2.05) is 52.0 Å². The fraction of sp³-hybridized carbons (Fsp3) is 0.136. The van der Waals surface area contributed by atoms with Gasteiger partial charge in [0.15, 0.2) is 0 Å². The van der Waals surface area contributed by atoms with E-state index < -0.39 is 0 Å². The Morgan fingerprint density at radius 2 is 0.767 bits per heavy atom. The van der Waals surface area contributed by atoms with Gasteiger partial charge in [0.1, 0.15) is 0 Å². The van der Waals surface area contributed by atoms with E-state index in [1.165, 1.54) is 0 Å². The second-order valence-corrected chi connectivity index (χ2v) is 13.5. The zero-order valence-corrected chi connectivity index (χ0v) is 33.2. The fourth-order valence-corrected chi connectivity index (χ4v) is 6.02. The number of nitrogens with zero attached hydrogens (tertiary/aromatic N) is 10. The Bertz CT molecular complexity index is 2550. The molecular formula is C44H38N16. The molecule has 4 aromatic carbocycles. The number of nitriles is 4. The van der Waals surface area contributed by atoms with Crippen LogP contribution < -0.4 is 31.9 Å². The number of anilines is 10. The van der Waals surface area contributed by atoms with Crippen LogP contribution in [0.15, 0.2) is 86.0 Å². The first-order valence-corrected chi connectivity index (χ1v) is 18.4. The van der Waals surface area contributed by atoms with Crippen LogP contribution in [0.2, 0.25) is 0 Å². The molecule has 0 atom stereocenters. The van der Waals surface area contributed by atoms with E-state index in [0.717, 1.165) is 44.8 Å². The van der Waals surface area contributed by atoms with Gasteiger partial charge >= 0.3 is 0 Å². The van der Waals surface area contributed by atoms with Gasteiger partial charge in [0.2, 0.25) is 35.7 Å². The predicted octanol–water partition coefficient (Wildman–Crippen LogP) is 8.61. The molecule has 2 heterocycles. The lowest BCUT2D eigenvalue weighted by atomic mass is 10.0. The monoisotopic (exact) mass is 790 g/mol. The summed E-state index contributed by atoms with van der Waals surface area (Å²) in [4.78, 5) is 27.7. The summed E-state index contributed by atoms with van der Waals surface area (Å²) >= 11 is 0. The molecule has 0 unspecified atom stereocenters. The maximum atomic E-state index is 9.37. The van der Waals surface area contributed by atoms with Gasteiger partial charge in [-0.15, -0.1) is 0 Å². The van der Waals surface area contributed by atoms with E-state index in [9.17, 15) is 21.0 Å². The zero-order valence-electron chi connectivity index (χ0n) is 33.2. The van der Waals surface area contributed by atoms with Crippen molar-refractivity contribution in [3.8, 4) is 24.3 Å². The highest BCUT2D eigenvalue weighted by atomic mass is 15.3. The van der Waals surface area contributed by atoms with E-state index in [-0.39, 0.29) is 35.7 Å². The highest BCUT2D eigenvalue weighted by molar-refractivity contribution is 5.79. The van der Waals surface area contributed by atoms with Crippen molar-refractivity contribution in [3.05, 3.63) is 130 Å². The van der Waals surface area contributed by atoms with Crippen molar-refractivity contribution in [1.29, 1.82) is 21.0 Å². The summed E-state index contributed by atoms with van der Waals surface area (Å²) < 4.78 is 0. The summed E-state index contributed by atoms with van der Waals surface area (Å²) in [6.07, 6.45) is 0. The zero-order chi connectivity index (χ0) is 42.8. The molecule has 2 aromatic heterocycles. The van der Waals surface area contributed by atoms with Gasteiger partial charge in [-0.25, -0.2) is 0 Å². The Labute approximate surface area is 347 Å². The molecule has 6 aromatic rings. The van der Waals surface area contributed by atoms with Gasteiger partial charge in [0, 0.05) is 35.8 Å². The van der Waals surface area contributed by atoms with E-state index in [0.29, 0.717) is 46.7 Å². The maximum Gasteiger partial charge on any atom is 0.233 e. The van der Waals surface area contributed by atoms with Gasteiger partial charge in [0.25, 0.3) is 0 Å². The van der Waals surface area contributed by atoms with Crippen LogP contribution in [0.25, 0.3) is 11.1 Å². The maximum absolute atomic E-state index is 9.37. The minimum atomic E-state index is 0.250. The average Bonchev–Trinajstić information content (AvgIpc) is 3.24. The molecule has 0 spiro atoms. The molecule has 0 aliphatic carbocycles. The number of aromatic nitrogens is 6. The van der Waals surface area contributed by atoms with Crippen LogP contribution in [-0.4, -0.2) is 43.0 Å². The molecule has 0 amide bonds. The molecule has 0 aliphatic heterocycles. The number of nitrogens with one attached hydrogen (secondary N) is 6. The van der Waals surface area contributed by atoms with Crippen molar-refractivity contribution in [2.45, 2.75) is 27.7 Å². The first kappa shape index (κ1) is 40.8. The van der Waals surface area contributed by atoms with Crippen molar-refractivity contribution in [2.24, 2.45) is 0 Å². The van der Waals surface area contributed by atoms with Crippen LogP contribution in [0, 0.1) is 73.0 Å². The summed E-state index contributed by atoms with van der Waals surface area (Å²) in [7, 11) is 0. The summed E-state index contributed by atoms with van der Waals surface area (Å²) in [5.41, 5.74) is 9.58. The fourth-order valence-electron chi connectivity index (χ4n) is 6.02. The highest BCUT2D eigenvalue weighted by Gasteiger charge is 2.15. The molecule has 16 nitrogen and oxygen atoms in total. The third kappa shape index (κ3) is 10.1. The van der Waals surface area contributed by atoms with Crippen molar-refractivity contribution in [3.63, 3.8) is 0 Å². The van der Waals surface area contributed by atoms with Gasteiger partial charge < -0.3 is 31.9 Å². The predicted molar refractivity (Wildman–Crippen MR) is 233 cm³/mol. The van der Waals surface area contributed by atoms with Crippen LogP contribution in [0.5, 0.6) is 0 Å². The normalized spacial score (nSPS) is 10.2. The van der Waals surface area contributed by atoms with Gasteiger partial charge in [-0.3, -0.25) is 0 Å². The molecule has 60 heavy (non-hydrogen) atoms. The molecule has 0 saturated carbocycles. The summed E-state index contributed by atoms with van der Waals surface area (Å²) in [6.45, 7) is 16.0. The first-order chi connectivity index (χ1) is 28.9. The molecule has 6 N–H and O–H groups in total. The summed E-state index contributed by atoms with van der Waals surface area (Å²) in [5, 5.41) is 56.7. The third-order valence-corrected chi connectivity index (χ3v) is 9.01. The second-order valence-electron chi connectivity index (χ2n) is 13.5. The molecule has 0 bridgehead atoms. The topological polar surface area (TPSA) is 245 Å². The highest BCUT2D eigenvalue weighted by Crippen LogP contribution is 2.30. The lowest BCUT2D eigenvalue weighted by Gasteiger charge is -2.16. The average molecular weight is 791 g/mol. The minimum absolute atomic E-state index is 0.250. The summed E-state index contributed by atoms with van der Waals surface area (Å²) in [6, 6.07) is 29.7. The largest absolute Gasteiger partial charge is 0.352 e. The Morgan fingerprint density at radius 3 is 1.07 bits per heavy atom. The first-order valence-electron chi connectivity index (χ1n) is 18.4. The minimum Gasteiger partial charge on any atom is -0.352 e. The van der Waals surface area contributed by atoms with Gasteiger partial charge in [-0.2, -0.15) is 51.0 Å². The molecule has 16 heteroatoms. The van der Waals surface area contributed by atoms with Gasteiger partial charge in [-0.05, 0) is 134 Å². The molecule has 0 saturated heterocycles. The van der Waals surface area contributed by atoms with Crippen LogP contribution in [0.4, 0.5) is 58.4 Å². The number of hydrogen-bond donors (Lipinski definition) is 6. The lowest BCUT2D eigenvalue weighted by molar-refractivity contribution is 0.971. The molecule has 6 rings (SSSR count). The van der Waals surface area contributed by atoms with Crippen molar-refractivity contribution >= 4 is 69.6 Å². The standard InChI is InChI=1S/C44H38N16/c1-25-17-33(29(5)21-45)18-26(2)37(25)53-43-57-39(55-41(59-43)51-35-11-7-31(23-47)8-12-35)49-15-16-50-40-56-42(52-36-13-9-32(24-48)10-14-36)60-44(58-40)54-38-27(3)19-34(20-28(38)4)30(6)22-46/h7-14,17-20H,5-6,15-16H2,1-4H3,(H3,49,51,53,55,57,59)(H3,50,52,54,56,58,60). The Balaban J connectivity index is 1.24. The number of allylic oxidation sites excluding steroid dienone is 2. The van der Waals surface area contributed by atoms with Crippen molar-refractivity contribution in [1.82, 2.24) is 29.9 Å². The van der Waals surface area contributed by atoms with E-state index in [4.69, 9.17) is 0 Å². The van der Waals surface area contributed by atoms with Gasteiger partial charge in [-0.1, -0.05) is 13.2 Å². The van der Waals surface area contributed by atoms with Crippen LogP contribution >= 0.6 is 0 Å². The van der Waals surface area contributed by atoms with E-state index in [2.05, 4.69) is 99.2 Å². The molecule has 294 valence electrons. The van der Waals surface area contributed by atoms with Crippen molar-refractivity contribution in [2.75, 3.05) is 45.0 Å². The SMILES string of the molecule is C=C(C#N)c1cc(C)c(Nc2nc(NCCNc3nc(Nc4ccc(C#N)cc4)nc(Nc4c(C)cc(C(=C)C#N)cc4C)n3)nc(Nc3ccc(C#N)cc3)n2)c(C)c1.